The molecular weight excluding hydrogens is 304 g/mol. The SMILES string of the molecule is CCc1ccccc1NC(=O)C(=O)NCC(O)c1ccccc1C. The lowest BCUT2D eigenvalue weighted by molar-refractivity contribution is -0.136. The van der Waals surface area contributed by atoms with Crippen LogP contribution in [0.15, 0.2) is 48.5 Å². The molecule has 0 bridgehead atoms. The van der Waals surface area contributed by atoms with Gasteiger partial charge in [0.25, 0.3) is 0 Å². The molecule has 0 aromatic heterocycles. The normalized spacial score (nSPS) is 11.6. The number of benzene rings is 2. The summed E-state index contributed by atoms with van der Waals surface area (Å²) >= 11 is 0. The van der Waals surface area contributed by atoms with Crippen LogP contribution < -0.4 is 10.6 Å². The molecule has 5 heteroatoms. The summed E-state index contributed by atoms with van der Waals surface area (Å²) in [5.41, 5.74) is 3.24. The van der Waals surface area contributed by atoms with Gasteiger partial charge in [0.05, 0.1) is 6.10 Å². The smallest absolute Gasteiger partial charge is 0.313 e. The molecule has 0 saturated heterocycles. The van der Waals surface area contributed by atoms with E-state index in [2.05, 4.69) is 10.6 Å². The lowest BCUT2D eigenvalue weighted by Gasteiger charge is -2.14. The summed E-state index contributed by atoms with van der Waals surface area (Å²) in [7, 11) is 0. The lowest BCUT2D eigenvalue weighted by Crippen LogP contribution is -2.37. The maximum absolute atomic E-state index is 12.0. The van der Waals surface area contributed by atoms with Gasteiger partial charge in [-0.1, -0.05) is 49.4 Å². The fraction of sp³-hybridized carbons (Fsp3) is 0.263. The van der Waals surface area contributed by atoms with E-state index in [-0.39, 0.29) is 6.54 Å². The average Bonchev–Trinajstić information content (AvgIpc) is 2.60. The van der Waals surface area contributed by atoms with Crippen molar-refractivity contribution in [1.82, 2.24) is 5.32 Å². The largest absolute Gasteiger partial charge is 0.387 e. The highest BCUT2D eigenvalue weighted by Crippen LogP contribution is 2.17. The first kappa shape index (κ1) is 17.7. The Morgan fingerprint density at radius 1 is 1.04 bits per heavy atom. The van der Waals surface area contributed by atoms with Gasteiger partial charge in [-0.05, 0) is 36.1 Å². The Kier molecular flexibility index (Phi) is 6.09. The Hall–Kier alpha value is -2.66. The molecule has 0 saturated carbocycles. The summed E-state index contributed by atoms with van der Waals surface area (Å²) in [6, 6.07) is 14.7. The highest BCUT2D eigenvalue weighted by molar-refractivity contribution is 6.39. The van der Waals surface area contributed by atoms with Crippen LogP contribution in [-0.2, 0) is 16.0 Å². The Balaban J connectivity index is 1.92. The zero-order chi connectivity index (χ0) is 17.5. The monoisotopic (exact) mass is 326 g/mol. The van der Waals surface area contributed by atoms with Crippen molar-refractivity contribution in [3.63, 3.8) is 0 Å². The molecule has 3 N–H and O–H groups in total. The molecule has 0 aliphatic carbocycles. The van der Waals surface area contributed by atoms with Crippen molar-refractivity contribution in [2.75, 3.05) is 11.9 Å². The van der Waals surface area contributed by atoms with Gasteiger partial charge >= 0.3 is 11.8 Å². The van der Waals surface area contributed by atoms with E-state index in [0.717, 1.165) is 23.1 Å². The van der Waals surface area contributed by atoms with E-state index in [0.29, 0.717) is 5.69 Å². The second-order valence-corrected chi connectivity index (χ2v) is 5.55. The van der Waals surface area contributed by atoms with E-state index in [9.17, 15) is 14.7 Å². The highest BCUT2D eigenvalue weighted by Gasteiger charge is 2.17. The maximum atomic E-state index is 12.0. The van der Waals surface area contributed by atoms with Crippen LogP contribution in [-0.4, -0.2) is 23.5 Å². The highest BCUT2D eigenvalue weighted by atomic mass is 16.3. The van der Waals surface area contributed by atoms with Crippen LogP contribution in [0.1, 0.15) is 29.7 Å². The van der Waals surface area contributed by atoms with Gasteiger partial charge in [-0.2, -0.15) is 0 Å². The fourth-order valence-corrected chi connectivity index (χ4v) is 2.47. The third-order valence-corrected chi connectivity index (χ3v) is 3.86. The molecule has 5 nitrogen and oxygen atoms in total. The number of aliphatic hydroxyl groups excluding tert-OH is 1. The van der Waals surface area contributed by atoms with Gasteiger partial charge in [-0.3, -0.25) is 9.59 Å². The molecule has 2 aromatic rings. The minimum Gasteiger partial charge on any atom is -0.387 e. The van der Waals surface area contributed by atoms with Crippen molar-refractivity contribution in [2.24, 2.45) is 0 Å². The number of carbonyl (C=O) groups excluding carboxylic acids is 2. The predicted octanol–water partition coefficient (Wildman–Crippen LogP) is 2.35. The van der Waals surface area contributed by atoms with Crippen LogP contribution in [0.4, 0.5) is 5.69 Å². The van der Waals surface area contributed by atoms with Crippen LogP contribution >= 0.6 is 0 Å². The van der Waals surface area contributed by atoms with Gasteiger partial charge in [0.1, 0.15) is 0 Å². The Morgan fingerprint density at radius 3 is 2.42 bits per heavy atom. The zero-order valence-corrected chi connectivity index (χ0v) is 13.9. The quantitative estimate of drug-likeness (QED) is 0.738. The first-order chi connectivity index (χ1) is 11.5. The zero-order valence-electron chi connectivity index (χ0n) is 13.9. The molecule has 0 aliphatic rings. The number of amides is 2. The van der Waals surface area contributed by atoms with Gasteiger partial charge in [0.2, 0.25) is 0 Å². The third kappa shape index (κ3) is 4.43. The lowest BCUT2D eigenvalue weighted by atomic mass is 10.0. The summed E-state index contributed by atoms with van der Waals surface area (Å²) in [6.07, 6.45) is -0.102. The summed E-state index contributed by atoms with van der Waals surface area (Å²) in [5, 5.41) is 15.2. The van der Waals surface area contributed by atoms with E-state index in [1.165, 1.54) is 0 Å². The molecule has 2 rings (SSSR count). The number of nitrogens with one attached hydrogen (secondary N) is 2. The van der Waals surface area contributed by atoms with E-state index < -0.39 is 17.9 Å². The van der Waals surface area contributed by atoms with Crippen LogP contribution in [0.3, 0.4) is 0 Å². The molecular formula is C19H22N2O3. The molecule has 0 spiro atoms. The summed E-state index contributed by atoms with van der Waals surface area (Å²) in [6.45, 7) is 3.84. The third-order valence-electron chi connectivity index (χ3n) is 3.86. The van der Waals surface area contributed by atoms with Crippen LogP contribution in [0.25, 0.3) is 0 Å². The van der Waals surface area contributed by atoms with Crippen molar-refractivity contribution in [3.8, 4) is 0 Å². The number of aliphatic hydroxyl groups is 1. The van der Waals surface area contributed by atoms with Crippen molar-refractivity contribution < 1.29 is 14.7 Å². The fourth-order valence-electron chi connectivity index (χ4n) is 2.47. The second kappa shape index (κ2) is 8.26. The van der Waals surface area contributed by atoms with E-state index in [4.69, 9.17) is 0 Å². The van der Waals surface area contributed by atoms with Gasteiger partial charge in [0, 0.05) is 12.2 Å². The Morgan fingerprint density at radius 2 is 1.71 bits per heavy atom. The maximum Gasteiger partial charge on any atom is 0.313 e. The van der Waals surface area contributed by atoms with E-state index in [1.807, 2.05) is 44.2 Å². The molecule has 2 aromatic carbocycles. The molecule has 24 heavy (non-hydrogen) atoms. The molecule has 1 atom stereocenters. The number of hydrogen-bond acceptors (Lipinski definition) is 3. The average molecular weight is 326 g/mol. The standard InChI is InChI=1S/C19H22N2O3/c1-3-14-9-5-7-11-16(14)21-19(24)18(23)20-12-17(22)15-10-6-4-8-13(15)2/h4-11,17,22H,3,12H2,1-2H3,(H,20,23)(H,21,24). The first-order valence-electron chi connectivity index (χ1n) is 7.93. The van der Waals surface area contributed by atoms with Crippen LogP contribution in [0, 0.1) is 6.92 Å². The van der Waals surface area contributed by atoms with Crippen LogP contribution in [0.5, 0.6) is 0 Å². The van der Waals surface area contributed by atoms with Gasteiger partial charge < -0.3 is 15.7 Å². The van der Waals surface area contributed by atoms with Crippen molar-refractivity contribution in [3.05, 3.63) is 65.2 Å². The van der Waals surface area contributed by atoms with E-state index >= 15 is 0 Å². The van der Waals surface area contributed by atoms with Gasteiger partial charge in [-0.25, -0.2) is 0 Å². The molecule has 0 aliphatic heterocycles. The van der Waals surface area contributed by atoms with Crippen LogP contribution in [0.2, 0.25) is 0 Å². The number of hydrogen-bond donors (Lipinski definition) is 3. The van der Waals surface area contributed by atoms with Crippen molar-refractivity contribution in [1.29, 1.82) is 0 Å². The molecule has 1 unspecified atom stereocenters. The Bertz CT molecular complexity index is 728. The summed E-state index contributed by atoms with van der Waals surface area (Å²) in [4.78, 5) is 23.9. The molecule has 0 fully saturated rings. The number of aryl methyl sites for hydroxylation is 2. The number of para-hydroxylation sites is 1. The first-order valence-corrected chi connectivity index (χ1v) is 7.93. The van der Waals surface area contributed by atoms with Crippen molar-refractivity contribution >= 4 is 17.5 Å². The number of anilines is 1. The molecule has 126 valence electrons. The van der Waals surface area contributed by atoms with Crippen molar-refractivity contribution in [2.45, 2.75) is 26.4 Å². The predicted molar refractivity (Wildman–Crippen MR) is 93.6 cm³/mol. The van der Waals surface area contributed by atoms with Gasteiger partial charge in [-0.15, -0.1) is 0 Å². The van der Waals surface area contributed by atoms with Gasteiger partial charge in [0.15, 0.2) is 0 Å². The minimum atomic E-state index is -0.856. The molecule has 0 radical (unpaired) electrons. The Labute approximate surface area is 141 Å². The van der Waals surface area contributed by atoms with E-state index in [1.54, 1.807) is 18.2 Å². The molecule has 0 heterocycles. The topological polar surface area (TPSA) is 78.4 Å². The second-order valence-electron chi connectivity index (χ2n) is 5.55. The number of carbonyl (C=O) groups is 2. The number of rotatable bonds is 5. The minimum absolute atomic E-state index is 0.0213. The summed E-state index contributed by atoms with van der Waals surface area (Å²) in [5.74, 6) is -1.51. The molecule has 2 amide bonds. The summed E-state index contributed by atoms with van der Waals surface area (Å²) < 4.78 is 0.